The standard InChI is InChI=1S/C14H22N2O8.C10H16N2O8/c15-13(6-10(21)22)3-1-2-12(4-8(17)18,5-9(19)20)14(13,16)7-11(23)24;13-7(14)3-11(4-8(15)16)1-2-12(5-9(17)18)6-10(19)20/h1-7,15-16H2,(H,17,18)(H,19,20)(H,21,22)(H,23,24);1-6H2,(H,13,14)(H,15,16)(H,17,18)(H,19,20)/t13-,14+;/m0./s1. The molecule has 0 amide bonds. The number of hydrogen-bond donors (Lipinski definition) is 10. The molecule has 0 saturated heterocycles. The van der Waals surface area contributed by atoms with Gasteiger partial charge in [0.1, 0.15) is 0 Å². The van der Waals surface area contributed by atoms with E-state index in [1.165, 1.54) is 0 Å². The zero-order valence-corrected chi connectivity index (χ0v) is 23.6. The third-order valence-electron chi connectivity index (χ3n) is 7.16. The molecule has 20 nitrogen and oxygen atoms in total. The smallest absolute Gasteiger partial charge is 0.317 e. The van der Waals surface area contributed by atoms with E-state index in [-0.39, 0.29) is 32.4 Å². The molecule has 0 unspecified atom stereocenters. The molecule has 20 heteroatoms. The molecular formula is C24H38N4O16. The van der Waals surface area contributed by atoms with E-state index < -0.39 is 116 Å². The molecule has 0 spiro atoms. The van der Waals surface area contributed by atoms with Crippen LogP contribution in [-0.2, 0) is 38.4 Å². The van der Waals surface area contributed by atoms with Gasteiger partial charge in [-0.15, -0.1) is 0 Å². The van der Waals surface area contributed by atoms with Crippen molar-refractivity contribution in [1.82, 2.24) is 9.80 Å². The summed E-state index contributed by atoms with van der Waals surface area (Å²) in [6.45, 7) is -2.25. The molecule has 12 N–H and O–H groups in total. The molecule has 1 aliphatic carbocycles. The van der Waals surface area contributed by atoms with E-state index in [2.05, 4.69) is 0 Å². The van der Waals surface area contributed by atoms with E-state index in [9.17, 15) is 53.7 Å². The molecule has 1 aliphatic rings. The number of rotatable bonds is 19. The summed E-state index contributed by atoms with van der Waals surface area (Å²) in [4.78, 5) is 89.5. The molecular weight excluding hydrogens is 600 g/mol. The van der Waals surface area contributed by atoms with Crippen molar-refractivity contribution in [2.75, 3.05) is 39.3 Å². The predicted molar refractivity (Wildman–Crippen MR) is 143 cm³/mol. The van der Waals surface area contributed by atoms with E-state index in [0.29, 0.717) is 0 Å². The maximum Gasteiger partial charge on any atom is 0.317 e. The van der Waals surface area contributed by atoms with Gasteiger partial charge in [0.25, 0.3) is 0 Å². The Morgan fingerprint density at radius 3 is 1.07 bits per heavy atom. The highest BCUT2D eigenvalue weighted by Gasteiger charge is 2.63. The lowest BCUT2D eigenvalue weighted by atomic mass is 9.49. The quantitative estimate of drug-likeness (QED) is 0.0691. The maximum atomic E-state index is 11.3. The summed E-state index contributed by atoms with van der Waals surface area (Å²) < 4.78 is 0. The molecule has 2 atom stereocenters. The Morgan fingerprint density at radius 1 is 0.477 bits per heavy atom. The molecule has 0 aromatic heterocycles. The largest absolute Gasteiger partial charge is 0.481 e. The van der Waals surface area contributed by atoms with Gasteiger partial charge in [0.2, 0.25) is 0 Å². The van der Waals surface area contributed by atoms with Gasteiger partial charge in [0, 0.05) is 24.0 Å². The third-order valence-corrected chi connectivity index (χ3v) is 7.16. The first-order chi connectivity index (χ1) is 20.1. The lowest BCUT2D eigenvalue weighted by Gasteiger charge is -2.59. The van der Waals surface area contributed by atoms with E-state index in [1.807, 2.05) is 0 Å². The van der Waals surface area contributed by atoms with Crippen molar-refractivity contribution in [1.29, 1.82) is 0 Å². The number of carbonyl (C=O) groups is 8. The number of aliphatic carboxylic acids is 8. The van der Waals surface area contributed by atoms with Crippen LogP contribution in [0, 0.1) is 5.41 Å². The molecule has 0 radical (unpaired) electrons. The van der Waals surface area contributed by atoms with Gasteiger partial charge < -0.3 is 52.3 Å². The Bertz CT molecular complexity index is 1030. The molecule has 0 aromatic rings. The summed E-state index contributed by atoms with van der Waals surface area (Å²) in [5, 5.41) is 71.2. The Labute approximate surface area is 249 Å². The van der Waals surface area contributed by atoms with Gasteiger partial charge in [-0.3, -0.25) is 48.2 Å². The maximum absolute atomic E-state index is 11.3. The molecule has 44 heavy (non-hydrogen) atoms. The van der Waals surface area contributed by atoms with Crippen LogP contribution in [0.1, 0.15) is 44.9 Å². The van der Waals surface area contributed by atoms with Crippen molar-refractivity contribution in [2.45, 2.75) is 56.0 Å². The summed E-state index contributed by atoms with van der Waals surface area (Å²) in [7, 11) is 0. The summed E-state index contributed by atoms with van der Waals surface area (Å²) in [6, 6.07) is 0. The third kappa shape index (κ3) is 12.9. The molecule has 0 aromatic carbocycles. The number of nitrogens with two attached hydrogens (primary N) is 2. The van der Waals surface area contributed by atoms with Crippen LogP contribution in [0.2, 0.25) is 0 Å². The van der Waals surface area contributed by atoms with Crippen molar-refractivity contribution >= 4 is 47.8 Å². The van der Waals surface area contributed by atoms with Crippen LogP contribution >= 0.6 is 0 Å². The summed E-state index contributed by atoms with van der Waals surface area (Å²) >= 11 is 0. The van der Waals surface area contributed by atoms with Crippen LogP contribution in [0.3, 0.4) is 0 Å². The van der Waals surface area contributed by atoms with E-state index in [1.54, 1.807) is 0 Å². The Kier molecular flexibility index (Phi) is 15.3. The second kappa shape index (κ2) is 17.0. The van der Waals surface area contributed by atoms with Crippen molar-refractivity contribution < 1.29 is 79.2 Å². The lowest BCUT2D eigenvalue weighted by molar-refractivity contribution is -0.159. The van der Waals surface area contributed by atoms with Crippen LogP contribution in [0.4, 0.5) is 0 Å². The normalized spacial score (nSPS) is 20.6. The zero-order chi connectivity index (χ0) is 34.5. The van der Waals surface area contributed by atoms with Crippen molar-refractivity contribution in [3.05, 3.63) is 0 Å². The molecule has 1 fully saturated rings. The minimum atomic E-state index is -2.00. The van der Waals surface area contributed by atoms with Crippen LogP contribution in [0.25, 0.3) is 0 Å². The predicted octanol–water partition coefficient (Wildman–Crippen LogP) is -2.62. The number of nitrogens with zero attached hydrogens (tertiary/aromatic N) is 2. The van der Waals surface area contributed by atoms with Crippen molar-refractivity contribution in [2.24, 2.45) is 16.9 Å². The SMILES string of the molecule is N[C@]1(CC(=O)O)CCCC(CC(=O)O)(CC(=O)O)[C@]1(N)CC(=O)O.O=C(O)CN(CCN(CC(=O)O)CC(=O)O)CC(=O)O. The van der Waals surface area contributed by atoms with Gasteiger partial charge in [-0.2, -0.15) is 0 Å². The second-order valence-electron chi connectivity index (χ2n) is 10.5. The fraction of sp³-hybridized carbons (Fsp3) is 0.667. The molecule has 0 aliphatic heterocycles. The number of carboxylic acid groups (broad SMARTS) is 8. The first-order valence-electron chi connectivity index (χ1n) is 12.8. The zero-order valence-electron chi connectivity index (χ0n) is 23.6. The minimum absolute atomic E-state index is 0.0357. The van der Waals surface area contributed by atoms with E-state index in [4.69, 9.17) is 37.0 Å². The topological polar surface area (TPSA) is 357 Å². The van der Waals surface area contributed by atoms with Crippen LogP contribution in [-0.4, -0.2) is 149 Å². The van der Waals surface area contributed by atoms with Gasteiger partial charge in [-0.1, -0.05) is 6.42 Å². The average molecular weight is 639 g/mol. The second-order valence-corrected chi connectivity index (χ2v) is 10.5. The van der Waals surface area contributed by atoms with Crippen LogP contribution in [0.5, 0.6) is 0 Å². The van der Waals surface area contributed by atoms with Gasteiger partial charge in [0.05, 0.1) is 57.4 Å². The van der Waals surface area contributed by atoms with Gasteiger partial charge in [-0.25, -0.2) is 0 Å². The molecule has 1 saturated carbocycles. The first kappa shape index (κ1) is 39.6. The van der Waals surface area contributed by atoms with Crippen molar-refractivity contribution in [3.8, 4) is 0 Å². The van der Waals surface area contributed by atoms with Crippen molar-refractivity contribution in [3.63, 3.8) is 0 Å². The highest BCUT2D eigenvalue weighted by Crippen LogP contribution is 2.54. The van der Waals surface area contributed by atoms with Crippen LogP contribution in [0.15, 0.2) is 0 Å². The highest BCUT2D eigenvalue weighted by atomic mass is 16.4. The number of hydrogen-bond acceptors (Lipinski definition) is 12. The van der Waals surface area contributed by atoms with Gasteiger partial charge >= 0.3 is 47.8 Å². The summed E-state index contributed by atoms with van der Waals surface area (Å²) in [6.07, 6.45) is -2.57. The Hall–Kier alpha value is -4.40. The Balaban J connectivity index is 0.000000856. The fourth-order valence-corrected chi connectivity index (χ4v) is 5.44. The number of carboxylic acids is 8. The average Bonchev–Trinajstić information content (AvgIpc) is 2.78. The summed E-state index contributed by atoms with van der Waals surface area (Å²) in [5.74, 6) is -10.3. The monoisotopic (exact) mass is 638 g/mol. The molecule has 250 valence electrons. The first-order valence-corrected chi connectivity index (χ1v) is 12.8. The highest BCUT2D eigenvalue weighted by molar-refractivity contribution is 5.76. The fourth-order valence-electron chi connectivity index (χ4n) is 5.44. The van der Waals surface area contributed by atoms with Gasteiger partial charge in [-0.05, 0) is 12.8 Å². The van der Waals surface area contributed by atoms with E-state index in [0.717, 1.165) is 9.80 Å². The van der Waals surface area contributed by atoms with Crippen LogP contribution < -0.4 is 11.5 Å². The molecule has 0 bridgehead atoms. The molecule has 1 rings (SSSR count). The lowest BCUT2D eigenvalue weighted by Crippen LogP contribution is -2.76. The molecule has 0 heterocycles. The summed E-state index contributed by atoms with van der Waals surface area (Å²) in [5.41, 5.74) is 7.03. The van der Waals surface area contributed by atoms with E-state index >= 15 is 0 Å². The van der Waals surface area contributed by atoms with Gasteiger partial charge in [0.15, 0.2) is 0 Å². The Morgan fingerprint density at radius 2 is 0.795 bits per heavy atom. The minimum Gasteiger partial charge on any atom is -0.481 e.